The van der Waals surface area contributed by atoms with Crippen LogP contribution in [0.4, 0.5) is 4.79 Å². The van der Waals surface area contributed by atoms with Gasteiger partial charge in [0.25, 0.3) is 5.24 Å². The topological polar surface area (TPSA) is 109 Å². The molecule has 0 spiro atoms. The third-order valence-electron chi connectivity index (χ3n) is 2.02. The standard InChI is InChI=1S/C10H18N2O5S2/c1-8(13)3-6-19(16,17)7-9(14)11-4-5-12-10(15)18-2/h3-7H2,1-2H3,(H,11,14)(H,12,15). The Morgan fingerprint density at radius 2 is 1.68 bits per heavy atom. The molecule has 0 aromatic heterocycles. The molecule has 0 saturated heterocycles. The molecule has 0 aromatic rings. The van der Waals surface area contributed by atoms with Crippen LogP contribution in [0, 0.1) is 0 Å². The van der Waals surface area contributed by atoms with Crippen LogP contribution in [-0.2, 0) is 19.4 Å². The second-order valence-electron chi connectivity index (χ2n) is 3.81. The zero-order chi connectivity index (χ0) is 14.9. The number of ketones is 1. The Morgan fingerprint density at radius 3 is 2.21 bits per heavy atom. The van der Waals surface area contributed by atoms with E-state index in [0.717, 1.165) is 11.8 Å². The molecule has 0 aliphatic rings. The average molecular weight is 310 g/mol. The molecule has 0 unspecified atom stereocenters. The zero-order valence-electron chi connectivity index (χ0n) is 10.9. The largest absolute Gasteiger partial charge is 0.353 e. The second kappa shape index (κ2) is 8.92. The highest BCUT2D eigenvalue weighted by Gasteiger charge is 2.16. The van der Waals surface area contributed by atoms with E-state index in [1.165, 1.54) is 6.92 Å². The lowest BCUT2D eigenvalue weighted by Gasteiger charge is -2.06. The van der Waals surface area contributed by atoms with E-state index < -0.39 is 21.5 Å². The van der Waals surface area contributed by atoms with Crippen LogP contribution in [0.3, 0.4) is 0 Å². The van der Waals surface area contributed by atoms with Gasteiger partial charge in [-0.1, -0.05) is 11.8 Å². The molecule has 2 N–H and O–H groups in total. The van der Waals surface area contributed by atoms with Crippen molar-refractivity contribution >= 4 is 38.5 Å². The number of Topliss-reactive ketones (excluding diaryl/α,β-unsaturated/α-hetero) is 1. The molecular weight excluding hydrogens is 292 g/mol. The van der Waals surface area contributed by atoms with Gasteiger partial charge < -0.3 is 10.6 Å². The summed E-state index contributed by atoms with van der Waals surface area (Å²) in [7, 11) is -3.56. The molecule has 0 atom stereocenters. The molecule has 0 radical (unpaired) electrons. The van der Waals surface area contributed by atoms with E-state index in [2.05, 4.69) is 10.6 Å². The number of carbonyl (C=O) groups is 3. The van der Waals surface area contributed by atoms with Crippen molar-refractivity contribution in [1.82, 2.24) is 10.6 Å². The zero-order valence-corrected chi connectivity index (χ0v) is 12.5. The summed E-state index contributed by atoms with van der Waals surface area (Å²) in [5.41, 5.74) is 0. The monoisotopic (exact) mass is 310 g/mol. The first-order chi connectivity index (χ1) is 8.76. The average Bonchev–Trinajstić information content (AvgIpc) is 2.31. The maximum absolute atomic E-state index is 11.4. The van der Waals surface area contributed by atoms with Crippen molar-refractivity contribution in [2.45, 2.75) is 13.3 Å². The molecular formula is C10H18N2O5S2. The lowest BCUT2D eigenvalue weighted by Crippen LogP contribution is -2.36. The van der Waals surface area contributed by atoms with Crippen molar-refractivity contribution in [2.75, 3.05) is 30.9 Å². The fourth-order valence-corrected chi connectivity index (χ4v) is 2.55. The smallest absolute Gasteiger partial charge is 0.278 e. The molecule has 0 bridgehead atoms. The van der Waals surface area contributed by atoms with Crippen molar-refractivity contribution in [3.05, 3.63) is 0 Å². The van der Waals surface area contributed by atoms with Gasteiger partial charge in [-0.25, -0.2) is 8.42 Å². The highest BCUT2D eigenvalue weighted by atomic mass is 32.2. The van der Waals surface area contributed by atoms with E-state index in [9.17, 15) is 22.8 Å². The van der Waals surface area contributed by atoms with Crippen LogP contribution < -0.4 is 10.6 Å². The lowest BCUT2D eigenvalue weighted by molar-refractivity contribution is -0.119. The minimum absolute atomic E-state index is 0.0839. The summed E-state index contributed by atoms with van der Waals surface area (Å²) in [5.74, 6) is -1.83. The van der Waals surface area contributed by atoms with Gasteiger partial charge in [0.1, 0.15) is 11.5 Å². The SMILES string of the molecule is CSC(=O)NCCNC(=O)CS(=O)(=O)CCC(C)=O. The Kier molecular flexibility index (Phi) is 8.41. The van der Waals surface area contributed by atoms with E-state index in [4.69, 9.17) is 0 Å². The first-order valence-electron chi connectivity index (χ1n) is 5.55. The van der Waals surface area contributed by atoms with E-state index >= 15 is 0 Å². The molecule has 0 fully saturated rings. The van der Waals surface area contributed by atoms with Crippen molar-refractivity contribution in [3.63, 3.8) is 0 Å². The van der Waals surface area contributed by atoms with Gasteiger partial charge in [-0.05, 0) is 13.2 Å². The van der Waals surface area contributed by atoms with Gasteiger partial charge >= 0.3 is 0 Å². The van der Waals surface area contributed by atoms with E-state index in [-0.39, 0.29) is 36.3 Å². The molecule has 0 rings (SSSR count). The van der Waals surface area contributed by atoms with Crippen molar-refractivity contribution < 1.29 is 22.8 Å². The number of hydrogen-bond donors (Lipinski definition) is 2. The minimum Gasteiger partial charge on any atom is -0.353 e. The Balaban J connectivity index is 3.91. The molecule has 7 nitrogen and oxygen atoms in total. The Bertz CT molecular complexity index is 433. The second-order valence-corrected chi connectivity index (χ2v) is 6.78. The number of sulfone groups is 1. The fourth-order valence-electron chi connectivity index (χ4n) is 1.06. The van der Waals surface area contributed by atoms with Crippen LogP contribution in [0.15, 0.2) is 0 Å². The Hall–Kier alpha value is -1.09. The van der Waals surface area contributed by atoms with E-state index in [1.807, 2.05) is 0 Å². The summed E-state index contributed by atoms with van der Waals surface area (Å²) in [6, 6.07) is 0. The summed E-state index contributed by atoms with van der Waals surface area (Å²) in [6.45, 7) is 1.69. The van der Waals surface area contributed by atoms with Gasteiger partial charge in [0.05, 0.1) is 5.75 Å². The highest BCUT2D eigenvalue weighted by molar-refractivity contribution is 8.12. The van der Waals surface area contributed by atoms with Crippen LogP contribution in [0.25, 0.3) is 0 Å². The quantitative estimate of drug-likeness (QED) is 0.589. The predicted octanol–water partition coefficient (Wildman–Crippen LogP) is -0.431. The molecule has 110 valence electrons. The van der Waals surface area contributed by atoms with Crippen molar-refractivity contribution in [1.29, 1.82) is 0 Å². The van der Waals surface area contributed by atoms with Gasteiger partial charge in [0.15, 0.2) is 9.84 Å². The third kappa shape index (κ3) is 10.5. The van der Waals surface area contributed by atoms with Crippen LogP contribution in [0.2, 0.25) is 0 Å². The molecule has 2 amide bonds. The Labute approximate surface area is 116 Å². The van der Waals surface area contributed by atoms with E-state index in [0.29, 0.717) is 0 Å². The minimum atomic E-state index is -3.56. The molecule has 0 aliphatic heterocycles. The first-order valence-corrected chi connectivity index (χ1v) is 8.60. The lowest BCUT2D eigenvalue weighted by atomic mass is 10.4. The molecule has 19 heavy (non-hydrogen) atoms. The Morgan fingerprint density at radius 1 is 1.11 bits per heavy atom. The number of hydrogen-bond acceptors (Lipinski definition) is 6. The van der Waals surface area contributed by atoms with Gasteiger partial charge in [-0.3, -0.25) is 14.4 Å². The van der Waals surface area contributed by atoms with E-state index in [1.54, 1.807) is 6.26 Å². The predicted molar refractivity (Wildman–Crippen MR) is 73.9 cm³/mol. The van der Waals surface area contributed by atoms with Crippen LogP contribution in [-0.4, -0.2) is 56.2 Å². The van der Waals surface area contributed by atoms with Crippen molar-refractivity contribution in [2.24, 2.45) is 0 Å². The molecule has 0 aromatic carbocycles. The summed E-state index contributed by atoms with van der Waals surface area (Å²) >= 11 is 1.01. The van der Waals surface area contributed by atoms with Crippen LogP contribution in [0.1, 0.15) is 13.3 Å². The van der Waals surface area contributed by atoms with Crippen LogP contribution in [0.5, 0.6) is 0 Å². The van der Waals surface area contributed by atoms with Gasteiger partial charge in [-0.2, -0.15) is 0 Å². The highest BCUT2D eigenvalue weighted by Crippen LogP contribution is 1.95. The molecule has 0 aliphatic carbocycles. The molecule has 0 saturated carbocycles. The van der Waals surface area contributed by atoms with Gasteiger partial charge in [0.2, 0.25) is 5.91 Å². The maximum Gasteiger partial charge on any atom is 0.278 e. The number of nitrogens with one attached hydrogen (secondary N) is 2. The number of carbonyl (C=O) groups excluding carboxylic acids is 3. The number of amides is 2. The maximum atomic E-state index is 11.4. The molecule has 9 heteroatoms. The summed E-state index contributed by atoms with van der Waals surface area (Å²) < 4.78 is 22.9. The third-order valence-corrected chi connectivity index (χ3v) is 4.06. The van der Waals surface area contributed by atoms with Gasteiger partial charge in [-0.15, -0.1) is 0 Å². The normalized spacial score (nSPS) is 10.8. The molecule has 0 heterocycles. The number of rotatable bonds is 8. The summed E-state index contributed by atoms with van der Waals surface area (Å²) in [6.07, 6.45) is 1.54. The first kappa shape index (κ1) is 17.9. The summed E-state index contributed by atoms with van der Waals surface area (Å²) in [4.78, 5) is 32.8. The fraction of sp³-hybridized carbons (Fsp3) is 0.700. The van der Waals surface area contributed by atoms with Crippen molar-refractivity contribution in [3.8, 4) is 0 Å². The number of thioether (sulfide) groups is 1. The van der Waals surface area contributed by atoms with Gasteiger partial charge in [0, 0.05) is 19.5 Å². The van der Waals surface area contributed by atoms with Crippen LogP contribution >= 0.6 is 11.8 Å². The summed E-state index contributed by atoms with van der Waals surface area (Å²) in [5, 5.41) is 4.67.